The summed E-state index contributed by atoms with van der Waals surface area (Å²) in [5, 5.41) is 12.0. The fraction of sp³-hybridized carbons (Fsp3) is 0.0857. The van der Waals surface area contributed by atoms with E-state index in [9.17, 15) is 5.26 Å². The van der Waals surface area contributed by atoms with Crippen molar-refractivity contribution >= 4 is 27.9 Å². The Labute approximate surface area is 227 Å². The molecule has 1 aromatic heterocycles. The lowest BCUT2D eigenvalue weighted by Gasteiger charge is -2.36. The quantitative estimate of drug-likeness (QED) is 0.182. The summed E-state index contributed by atoms with van der Waals surface area (Å²) in [7, 11) is 0. The Hall–Kier alpha value is -5.32. The molecule has 6 rings (SSSR count). The van der Waals surface area contributed by atoms with Crippen LogP contribution in [-0.4, -0.2) is 4.57 Å². The molecule has 4 aromatic carbocycles. The number of para-hydroxylation sites is 2. The van der Waals surface area contributed by atoms with E-state index in [1.807, 2.05) is 61.6 Å². The summed E-state index contributed by atoms with van der Waals surface area (Å²) < 4.78 is 8.75. The third kappa shape index (κ3) is 4.39. The maximum Gasteiger partial charge on any atom is 0.265 e. The van der Waals surface area contributed by atoms with Crippen molar-refractivity contribution in [3.63, 3.8) is 0 Å². The van der Waals surface area contributed by atoms with Crippen molar-refractivity contribution < 1.29 is 4.74 Å². The van der Waals surface area contributed by atoms with Gasteiger partial charge in [-0.05, 0) is 60.0 Å². The van der Waals surface area contributed by atoms with E-state index in [-0.39, 0.29) is 5.70 Å². The number of rotatable bonds is 4. The van der Waals surface area contributed by atoms with E-state index in [1.165, 1.54) is 21.8 Å². The first-order chi connectivity index (χ1) is 19.1. The molecule has 1 aliphatic rings. The molecule has 186 valence electrons. The zero-order valence-corrected chi connectivity index (χ0v) is 21.5. The highest BCUT2D eigenvalue weighted by Gasteiger charge is 2.34. The third-order valence-corrected chi connectivity index (χ3v) is 7.27. The maximum atomic E-state index is 9.54. The van der Waals surface area contributed by atoms with Crippen molar-refractivity contribution in [1.29, 1.82) is 5.26 Å². The molecule has 0 saturated heterocycles. The molecule has 0 radical (unpaired) electrons. The summed E-state index contributed by atoms with van der Waals surface area (Å²) in [4.78, 5) is 3.46. The molecule has 4 nitrogen and oxygen atoms in total. The van der Waals surface area contributed by atoms with Gasteiger partial charge in [0.15, 0.2) is 0 Å². The van der Waals surface area contributed by atoms with Gasteiger partial charge in [0.05, 0.1) is 23.7 Å². The second kappa shape index (κ2) is 9.86. The molecule has 0 amide bonds. The Balaban J connectivity index is 1.34. The van der Waals surface area contributed by atoms with Crippen LogP contribution >= 0.6 is 0 Å². The van der Waals surface area contributed by atoms with Crippen molar-refractivity contribution in [2.24, 2.45) is 0 Å². The number of nitriles is 1. The first kappa shape index (κ1) is 24.0. The average molecular weight is 504 g/mol. The van der Waals surface area contributed by atoms with Crippen LogP contribution in [-0.2, 0) is 10.3 Å². The molecule has 0 spiro atoms. The SMILES string of the molecule is [C-]#[N+]/C(C#N)=C1C=C(/C=C/c2ccc(-n3c4ccccc4c4ccccc43)cc2)OC(C)(c2ccccc2)C\1. The standard InChI is InChI=1S/C35H25N3O/c1-35(27-10-4-3-5-11-27)23-26(32(24-36)37-2)22-29(39-35)21-18-25-16-19-28(20-17-25)38-33-14-8-6-12-30(33)31-13-7-9-15-34(31)38/h3-22H,23H2,1H3/b21-18+,32-26+. The first-order valence-corrected chi connectivity index (χ1v) is 12.8. The molecule has 1 unspecified atom stereocenters. The topological polar surface area (TPSA) is 42.3 Å². The van der Waals surface area contributed by atoms with Crippen LogP contribution in [0.25, 0.3) is 38.4 Å². The van der Waals surface area contributed by atoms with Crippen molar-refractivity contribution in [1.82, 2.24) is 4.57 Å². The predicted octanol–water partition coefficient (Wildman–Crippen LogP) is 8.71. The van der Waals surface area contributed by atoms with Gasteiger partial charge in [0.1, 0.15) is 11.4 Å². The molecule has 39 heavy (non-hydrogen) atoms. The molecule has 0 saturated carbocycles. The van der Waals surface area contributed by atoms with E-state index in [0.29, 0.717) is 17.8 Å². The van der Waals surface area contributed by atoms with Crippen LogP contribution in [0.4, 0.5) is 0 Å². The Kier molecular flexibility index (Phi) is 6.08. The summed E-state index contributed by atoms with van der Waals surface area (Å²) in [6.07, 6.45) is 6.17. The number of hydrogen-bond donors (Lipinski definition) is 0. The number of fused-ring (bicyclic) bond motifs is 3. The van der Waals surface area contributed by atoms with E-state index < -0.39 is 5.60 Å². The molecule has 0 fully saturated rings. The van der Waals surface area contributed by atoms with Gasteiger partial charge >= 0.3 is 0 Å². The van der Waals surface area contributed by atoms with Crippen LogP contribution < -0.4 is 0 Å². The number of benzene rings is 4. The summed E-state index contributed by atoms with van der Waals surface area (Å²) in [6.45, 7) is 9.47. The van der Waals surface area contributed by atoms with Crippen molar-refractivity contribution in [3.05, 3.63) is 155 Å². The van der Waals surface area contributed by atoms with Gasteiger partial charge in [-0.15, -0.1) is 0 Å². The number of hydrogen-bond acceptors (Lipinski definition) is 2. The highest BCUT2D eigenvalue weighted by molar-refractivity contribution is 6.09. The fourth-order valence-corrected chi connectivity index (χ4v) is 5.38. The zero-order chi connectivity index (χ0) is 26.8. The lowest BCUT2D eigenvalue weighted by Crippen LogP contribution is -2.29. The van der Waals surface area contributed by atoms with E-state index >= 15 is 0 Å². The molecule has 0 bridgehead atoms. The molecule has 0 N–H and O–H groups in total. The first-order valence-electron chi connectivity index (χ1n) is 12.8. The van der Waals surface area contributed by atoms with Crippen LogP contribution in [0, 0.1) is 17.9 Å². The molecular weight excluding hydrogens is 478 g/mol. The number of nitrogens with zero attached hydrogens (tertiary/aromatic N) is 3. The third-order valence-electron chi connectivity index (χ3n) is 7.27. The molecule has 2 heterocycles. The zero-order valence-electron chi connectivity index (χ0n) is 21.5. The molecular formula is C35H25N3O. The Morgan fingerprint density at radius 3 is 2.10 bits per heavy atom. The van der Waals surface area contributed by atoms with E-state index in [2.05, 4.69) is 82.2 Å². The number of aromatic nitrogens is 1. The van der Waals surface area contributed by atoms with Gasteiger partial charge in [-0.2, -0.15) is 0 Å². The largest absolute Gasteiger partial charge is 0.483 e. The van der Waals surface area contributed by atoms with E-state index in [1.54, 1.807) is 0 Å². The van der Waals surface area contributed by atoms with Gasteiger partial charge in [-0.1, -0.05) is 84.9 Å². The molecule has 5 aromatic rings. The van der Waals surface area contributed by atoms with Crippen molar-refractivity contribution in [3.8, 4) is 11.8 Å². The van der Waals surface area contributed by atoms with Crippen molar-refractivity contribution in [2.45, 2.75) is 18.9 Å². The summed E-state index contributed by atoms with van der Waals surface area (Å²) in [6, 6.07) is 37.4. The minimum atomic E-state index is -0.682. The average Bonchev–Trinajstić information content (AvgIpc) is 3.32. The van der Waals surface area contributed by atoms with E-state index in [0.717, 1.165) is 16.8 Å². The lowest BCUT2D eigenvalue weighted by atomic mass is 9.85. The fourth-order valence-electron chi connectivity index (χ4n) is 5.38. The normalized spacial score (nSPS) is 18.4. The summed E-state index contributed by atoms with van der Waals surface area (Å²) in [5.74, 6) is 0.616. The highest BCUT2D eigenvalue weighted by atomic mass is 16.5. The number of allylic oxidation sites excluding steroid dienone is 3. The van der Waals surface area contributed by atoms with Crippen LogP contribution in [0.1, 0.15) is 24.5 Å². The maximum absolute atomic E-state index is 9.54. The second-order valence-electron chi connectivity index (χ2n) is 9.81. The second-order valence-corrected chi connectivity index (χ2v) is 9.81. The number of ether oxygens (including phenoxy) is 1. The van der Waals surface area contributed by atoms with Gasteiger partial charge in [0, 0.05) is 22.9 Å². The van der Waals surface area contributed by atoms with Gasteiger partial charge in [0.2, 0.25) is 0 Å². The smallest absolute Gasteiger partial charge is 0.265 e. The van der Waals surface area contributed by atoms with Crippen LogP contribution in [0.5, 0.6) is 0 Å². The monoisotopic (exact) mass is 503 g/mol. The van der Waals surface area contributed by atoms with Crippen LogP contribution in [0.3, 0.4) is 0 Å². The summed E-state index contributed by atoms with van der Waals surface area (Å²) in [5.41, 5.74) is 5.57. The minimum Gasteiger partial charge on any atom is -0.483 e. The van der Waals surface area contributed by atoms with Gasteiger partial charge in [-0.3, -0.25) is 0 Å². The van der Waals surface area contributed by atoms with Gasteiger partial charge < -0.3 is 9.30 Å². The lowest BCUT2D eigenvalue weighted by molar-refractivity contribution is 0.0143. The summed E-state index contributed by atoms with van der Waals surface area (Å²) >= 11 is 0. The molecule has 1 atom stereocenters. The molecule has 4 heteroatoms. The van der Waals surface area contributed by atoms with Crippen LogP contribution in [0.2, 0.25) is 0 Å². The van der Waals surface area contributed by atoms with E-state index in [4.69, 9.17) is 11.3 Å². The minimum absolute atomic E-state index is 0.0990. The highest BCUT2D eigenvalue weighted by Crippen LogP contribution is 2.40. The predicted molar refractivity (Wildman–Crippen MR) is 157 cm³/mol. The van der Waals surface area contributed by atoms with Crippen molar-refractivity contribution in [2.75, 3.05) is 0 Å². The molecule has 0 aliphatic carbocycles. The molecule has 1 aliphatic heterocycles. The van der Waals surface area contributed by atoms with Crippen LogP contribution in [0.15, 0.2) is 132 Å². The Morgan fingerprint density at radius 2 is 1.49 bits per heavy atom. The van der Waals surface area contributed by atoms with Gasteiger partial charge in [-0.25, -0.2) is 10.1 Å². The van der Waals surface area contributed by atoms with Gasteiger partial charge in [0.25, 0.3) is 5.70 Å². The Bertz CT molecular complexity index is 1810. The Morgan fingerprint density at radius 1 is 0.872 bits per heavy atom.